The number of nitrogens with one attached hydrogen (secondary N) is 3. The van der Waals surface area contributed by atoms with E-state index in [1.54, 1.807) is 26.6 Å². The molecule has 1 aliphatic heterocycles. The molecule has 1 unspecified atom stereocenters. The molecule has 1 aromatic heterocycles. The number of ether oxygens (including phenoxy) is 1. The molecule has 1 atom stereocenters. The fourth-order valence-corrected chi connectivity index (χ4v) is 4.12. The minimum Gasteiger partial charge on any atom is -0.495 e. The standard InChI is InChI=1S/C25H34ClN7O2/c1-5-10-28-22(27-3)15-30-24(34)19-14-31-25(33-11-6-7-17(2)16-33)32-23(19)29-13-18-8-9-21(35-4)20(26)12-18/h5,8-10,12,14,17H,6-7,11,13,15-16H2,1-4H3,(H,27,28)(H,30,34)(H,29,31,32)/b10-5-. The van der Waals surface area contributed by atoms with Gasteiger partial charge >= 0.3 is 0 Å². The van der Waals surface area contributed by atoms with Crippen LogP contribution in [0.4, 0.5) is 11.8 Å². The zero-order valence-corrected chi connectivity index (χ0v) is 21.5. The van der Waals surface area contributed by atoms with Crippen molar-refractivity contribution in [2.75, 3.05) is 44.0 Å². The number of carbonyl (C=O) groups is 1. The highest BCUT2D eigenvalue weighted by Crippen LogP contribution is 2.26. The molecule has 1 fully saturated rings. The summed E-state index contributed by atoms with van der Waals surface area (Å²) >= 11 is 6.28. The molecule has 0 aliphatic carbocycles. The number of allylic oxidation sites excluding steroid dienone is 1. The van der Waals surface area contributed by atoms with Crippen molar-refractivity contribution in [1.82, 2.24) is 20.6 Å². The molecule has 3 N–H and O–H groups in total. The van der Waals surface area contributed by atoms with Crippen LogP contribution in [0.3, 0.4) is 0 Å². The summed E-state index contributed by atoms with van der Waals surface area (Å²) < 4.78 is 5.23. The van der Waals surface area contributed by atoms with Crippen molar-refractivity contribution in [3.8, 4) is 5.75 Å². The fourth-order valence-electron chi connectivity index (χ4n) is 3.84. The number of amidine groups is 1. The number of anilines is 2. The highest BCUT2D eigenvalue weighted by atomic mass is 35.5. The van der Waals surface area contributed by atoms with Crippen molar-refractivity contribution in [3.05, 3.63) is 52.8 Å². The molecule has 1 aromatic carbocycles. The van der Waals surface area contributed by atoms with Gasteiger partial charge in [-0.2, -0.15) is 4.98 Å². The second kappa shape index (κ2) is 12.9. The topological polar surface area (TPSA) is 104 Å². The first kappa shape index (κ1) is 26.3. The number of halogens is 1. The Bertz CT molecular complexity index is 1070. The van der Waals surface area contributed by atoms with Gasteiger partial charge in [-0.25, -0.2) is 4.98 Å². The van der Waals surface area contributed by atoms with E-state index >= 15 is 0 Å². The van der Waals surface area contributed by atoms with E-state index in [0.29, 0.717) is 46.4 Å². The van der Waals surface area contributed by atoms with Gasteiger partial charge in [0, 0.05) is 32.9 Å². The van der Waals surface area contributed by atoms with Crippen LogP contribution in [0.5, 0.6) is 5.75 Å². The second-order valence-electron chi connectivity index (χ2n) is 8.45. The summed E-state index contributed by atoms with van der Waals surface area (Å²) in [6.45, 7) is 6.60. The van der Waals surface area contributed by atoms with Gasteiger partial charge in [0.25, 0.3) is 5.91 Å². The monoisotopic (exact) mass is 499 g/mol. The van der Waals surface area contributed by atoms with Crippen LogP contribution < -0.4 is 25.6 Å². The number of nitrogens with zero attached hydrogens (tertiary/aromatic N) is 4. The minimum atomic E-state index is -0.290. The number of rotatable bonds is 9. The molecule has 1 aliphatic rings. The third-order valence-corrected chi connectivity index (χ3v) is 6.03. The normalized spacial score (nSPS) is 16.3. The number of hydrogen-bond donors (Lipinski definition) is 3. The summed E-state index contributed by atoms with van der Waals surface area (Å²) in [4.78, 5) is 28.7. The van der Waals surface area contributed by atoms with Crippen LogP contribution in [0.15, 0.2) is 41.7 Å². The minimum absolute atomic E-state index is 0.249. The quantitative estimate of drug-likeness (QED) is 0.355. The summed E-state index contributed by atoms with van der Waals surface area (Å²) in [6, 6.07) is 5.57. The molecule has 3 rings (SSSR count). The average Bonchev–Trinajstić information content (AvgIpc) is 2.87. The van der Waals surface area contributed by atoms with E-state index in [0.717, 1.165) is 25.1 Å². The number of amides is 1. The van der Waals surface area contributed by atoms with Crippen molar-refractivity contribution in [3.63, 3.8) is 0 Å². The van der Waals surface area contributed by atoms with Gasteiger partial charge in [-0.3, -0.25) is 9.79 Å². The zero-order chi connectivity index (χ0) is 25.2. The Morgan fingerprint density at radius 1 is 1.40 bits per heavy atom. The van der Waals surface area contributed by atoms with Gasteiger partial charge in [-0.1, -0.05) is 30.7 Å². The first-order valence-electron chi connectivity index (χ1n) is 11.7. The van der Waals surface area contributed by atoms with Gasteiger partial charge < -0.3 is 25.6 Å². The van der Waals surface area contributed by atoms with Crippen LogP contribution in [0.1, 0.15) is 42.6 Å². The Kier molecular flexibility index (Phi) is 9.72. The van der Waals surface area contributed by atoms with E-state index in [2.05, 4.69) is 37.8 Å². The lowest BCUT2D eigenvalue weighted by atomic mass is 10.0. The van der Waals surface area contributed by atoms with E-state index < -0.39 is 0 Å². The smallest absolute Gasteiger partial charge is 0.256 e. The summed E-state index contributed by atoms with van der Waals surface area (Å²) in [5.41, 5.74) is 1.30. The Hall–Kier alpha value is -3.33. The molecule has 2 aromatic rings. The largest absolute Gasteiger partial charge is 0.495 e. The van der Waals surface area contributed by atoms with Crippen molar-refractivity contribution in [2.45, 2.75) is 33.2 Å². The third-order valence-electron chi connectivity index (χ3n) is 5.74. The SMILES string of the molecule is C/C=C\NC(CNC(=O)c1cnc(N2CCCC(C)C2)nc1NCc1ccc(OC)c(Cl)c1)=NC. The highest BCUT2D eigenvalue weighted by Gasteiger charge is 2.22. The lowest BCUT2D eigenvalue weighted by Gasteiger charge is -2.31. The molecule has 0 radical (unpaired) electrons. The Balaban J connectivity index is 1.81. The predicted molar refractivity (Wildman–Crippen MR) is 142 cm³/mol. The van der Waals surface area contributed by atoms with Crippen molar-refractivity contribution in [2.24, 2.45) is 10.9 Å². The molecule has 188 valence electrons. The molecule has 1 amide bonds. The zero-order valence-electron chi connectivity index (χ0n) is 20.8. The van der Waals surface area contributed by atoms with Crippen LogP contribution >= 0.6 is 11.6 Å². The number of benzene rings is 1. The number of hydrogen-bond acceptors (Lipinski definition) is 7. The molecule has 10 heteroatoms. The molecule has 9 nitrogen and oxygen atoms in total. The van der Waals surface area contributed by atoms with Crippen molar-refractivity contribution in [1.29, 1.82) is 0 Å². The fraction of sp³-hybridized carbons (Fsp3) is 0.440. The first-order valence-corrected chi connectivity index (χ1v) is 12.1. The molecule has 0 bridgehead atoms. The Morgan fingerprint density at radius 2 is 2.23 bits per heavy atom. The maximum absolute atomic E-state index is 13.1. The van der Waals surface area contributed by atoms with Gasteiger partial charge in [0.2, 0.25) is 5.95 Å². The maximum atomic E-state index is 13.1. The first-order chi connectivity index (χ1) is 16.9. The number of aromatic nitrogens is 2. The van der Waals surface area contributed by atoms with E-state index in [1.165, 1.54) is 6.42 Å². The van der Waals surface area contributed by atoms with E-state index in [9.17, 15) is 4.79 Å². The molecular weight excluding hydrogens is 466 g/mol. The van der Waals surface area contributed by atoms with Crippen LogP contribution in [0.2, 0.25) is 5.02 Å². The average molecular weight is 500 g/mol. The molecule has 1 saturated heterocycles. The van der Waals surface area contributed by atoms with Gasteiger partial charge in [0.05, 0.1) is 18.7 Å². The van der Waals surface area contributed by atoms with Crippen LogP contribution in [0, 0.1) is 5.92 Å². The molecule has 0 saturated carbocycles. The van der Waals surface area contributed by atoms with Crippen LogP contribution in [-0.2, 0) is 6.54 Å². The number of aliphatic imine (C=N–C) groups is 1. The van der Waals surface area contributed by atoms with Crippen molar-refractivity contribution < 1.29 is 9.53 Å². The van der Waals surface area contributed by atoms with Crippen LogP contribution in [-0.4, -0.2) is 55.5 Å². The Labute approximate surface area is 212 Å². The predicted octanol–water partition coefficient (Wildman–Crippen LogP) is 3.87. The summed E-state index contributed by atoms with van der Waals surface area (Å²) in [7, 11) is 3.25. The maximum Gasteiger partial charge on any atom is 0.256 e. The van der Waals surface area contributed by atoms with E-state index in [4.69, 9.17) is 21.3 Å². The van der Waals surface area contributed by atoms with Gasteiger partial charge in [0.15, 0.2) is 0 Å². The molecule has 35 heavy (non-hydrogen) atoms. The number of piperidine rings is 1. The molecule has 0 spiro atoms. The lowest BCUT2D eigenvalue weighted by Crippen LogP contribution is -2.37. The highest BCUT2D eigenvalue weighted by molar-refractivity contribution is 6.32. The van der Waals surface area contributed by atoms with E-state index in [-0.39, 0.29) is 12.5 Å². The Morgan fingerprint density at radius 3 is 2.91 bits per heavy atom. The molecular formula is C25H34ClN7O2. The number of methoxy groups -OCH3 is 1. The van der Waals surface area contributed by atoms with Gasteiger partial charge in [0.1, 0.15) is 23.0 Å². The lowest BCUT2D eigenvalue weighted by molar-refractivity contribution is 0.0959. The second-order valence-corrected chi connectivity index (χ2v) is 8.85. The van der Waals surface area contributed by atoms with Gasteiger partial charge in [-0.15, -0.1) is 0 Å². The summed E-state index contributed by atoms with van der Waals surface area (Å²) in [6.07, 6.45) is 7.50. The van der Waals surface area contributed by atoms with Crippen molar-refractivity contribution >= 4 is 35.1 Å². The summed E-state index contributed by atoms with van der Waals surface area (Å²) in [5, 5.41) is 9.76. The molecule has 2 heterocycles. The third kappa shape index (κ3) is 7.32. The van der Waals surface area contributed by atoms with Gasteiger partial charge in [-0.05, 0) is 49.6 Å². The van der Waals surface area contributed by atoms with Crippen LogP contribution in [0.25, 0.3) is 0 Å². The van der Waals surface area contributed by atoms with E-state index in [1.807, 2.05) is 31.2 Å². The number of carbonyl (C=O) groups excluding carboxylic acids is 1. The summed E-state index contributed by atoms with van der Waals surface area (Å²) in [5.74, 6) is 2.62.